The van der Waals surface area contributed by atoms with E-state index in [1.165, 1.54) is 63.8 Å². The number of hydrogen-bond acceptors (Lipinski definition) is 2. The Bertz CT molecular complexity index is 401. The normalized spacial score (nSPS) is 27.8. The van der Waals surface area contributed by atoms with E-state index in [1.54, 1.807) is 0 Å². The van der Waals surface area contributed by atoms with Gasteiger partial charge in [0.1, 0.15) is 0 Å². The van der Waals surface area contributed by atoms with Crippen LogP contribution in [0.4, 0.5) is 5.69 Å². The molecule has 1 N–H and O–H groups in total. The Balaban J connectivity index is 1.38. The van der Waals surface area contributed by atoms with Crippen LogP contribution >= 0.6 is 0 Å². The van der Waals surface area contributed by atoms with Crippen molar-refractivity contribution in [2.75, 3.05) is 24.5 Å². The number of nitrogens with zero attached hydrogens (tertiary/aromatic N) is 1. The van der Waals surface area contributed by atoms with E-state index in [-0.39, 0.29) is 0 Å². The van der Waals surface area contributed by atoms with Gasteiger partial charge in [0.25, 0.3) is 0 Å². The first kappa shape index (κ1) is 14.9. The molecule has 1 aromatic carbocycles. The van der Waals surface area contributed by atoms with Crippen molar-refractivity contribution in [2.24, 2.45) is 11.8 Å². The van der Waals surface area contributed by atoms with Crippen LogP contribution in [0.2, 0.25) is 0 Å². The molecule has 0 bridgehead atoms. The predicted octanol–water partition coefficient (Wildman–Crippen LogP) is 4.07. The van der Waals surface area contributed by atoms with E-state index in [9.17, 15) is 0 Å². The highest BCUT2D eigenvalue weighted by atomic mass is 15.1. The minimum absolute atomic E-state index is 0.740. The number of hydrogen-bond donors (Lipinski definition) is 1. The van der Waals surface area contributed by atoms with Crippen LogP contribution in [0.5, 0.6) is 0 Å². The van der Waals surface area contributed by atoms with Crippen molar-refractivity contribution in [1.82, 2.24) is 5.32 Å². The molecule has 0 spiro atoms. The lowest BCUT2D eigenvalue weighted by atomic mass is 9.83. The summed E-state index contributed by atoms with van der Waals surface area (Å²) < 4.78 is 0. The van der Waals surface area contributed by atoms with Crippen molar-refractivity contribution in [3.63, 3.8) is 0 Å². The van der Waals surface area contributed by atoms with Gasteiger partial charge in [-0.05, 0) is 56.2 Å². The van der Waals surface area contributed by atoms with E-state index in [2.05, 4.69) is 47.5 Å². The minimum atomic E-state index is 0.740. The first-order chi connectivity index (χ1) is 10.3. The fraction of sp³-hybridized carbons (Fsp3) is 0.684. The van der Waals surface area contributed by atoms with Crippen molar-refractivity contribution in [3.05, 3.63) is 30.3 Å². The number of rotatable bonds is 4. The average molecular weight is 286 g/mol. The maximum atomic E-state index is 3.85. The standard InChI is InChI=1S/C19H30N2/c1-16-7-9-17(10-8-16)15-20-18-11-13-21(14-12-18)19-5-3-2-4-6-19/h2-6,16-18,20H,7-15H2,1H3. The molecule has 1 heterocycles. The molecule has 1 saturated carbocycles. The molecule has 1 saturated heterocycles. The number of para-hydroxylation sites is 1. The first-order valence-electron chi connectivity index (χ1n) is 8.84. The van der Waals surface area contributed by atoms with Crippen LogP contribution in [0, 0.1) is 11.8 Å². The summed E-state index contributed by atoms with van der Waals surface area (Å²) in [4.78, 5) is 2.53. The second-order valence-corrected chi connectivity index (χ2v) is 7.13. The van der Waals surface area contributed by atoms with Crippen LogP contribution < -0.4 is 10.2 Å². The van der Waals surface area contributed by atoms with Gasteiger partial charge in [-0.1, -0.05) is 38.0 Å². The molecular weight excluding hydrogens is 256 g/mol. The predicted molar refractivity (Wildman–Crippen MR) is 90.8 cm³/mol. The molecule has 1 aromatic rings. The third kappa shape index (κ3) is 4.23. The zero-order chi connectivity index (χ0) is 14.5. The zero-order valence-corrected chi connectivity index (χ0v) is 13.4. The quantitative estimate of drug-likeness (QED) is 0.897. The van der Waals surface area contributed by atoms with E-state index in [1.807, 2.05) is 0 Å². The van der Waals surface area contributed by atoms with Crippen molar-refractivity contribution in [1.29, 1.82) is 0 Å². The molecule has 0 atom stereocenters. The highest BCUT2D eigenvalue weighted by molar-refractivity contribution is 5.46. The SMILES string of the molecule is CC1CCC(CNC2CCN(c3ccccc3)CC2)CC1. The lowest BCUT2D eigenvalue weighted by Gasteiger charge is -2.35. The maximum Gasteiger partial charge on any atom is 0.0366 e. The first-order valence-corrected chi connectivity index (χ1v) is 8.84. The van der Waals surface area contributed by atoms with Gasteiger partial charge in [0.15, 0.2) is 0 Å². The van der Waals surface area contributed by atoms with E-state index < -0.39 is 0 Å². The van der Waals surface area contributed by atoms with E-state index in [0.29, 0.717) is 0 Å². The maximum absolute atomic E-state index is 3.85. The van der Waals surface area contributed by atoms with Crippen molar-refractivity contribution >= 4 is 5.69 Å². The lowest BCUT2D eigenvalue weighted by Crippen LogP contribution is -2.44. The van der Waals surface area contributed by atoms with E-state index >= 15 is 0 Å². The number of benzene rings is 1. The van der Waals surface area contributed by atoms with Gasteiger partial charge in [0.2, 0.25) is 0 Å². The van der Waals surface area contributed by atoms with Gasteiger partial charge in [0, 0.05) is 24.8 Å². The third-order valence-electron chi connectivity index (χ3n) is 5.45. The smallest absolute Gasteiger partial charge is 0.0366 e. The van der Waals surface area contributed by atoms with E-state index in [0.717, 1.165) is 17.9 Å². The third-order valence-corrected chi connectivity index (χ3v) is 5.45. The summed E-state index contributed by atoms with van der Waals surface area (Å²) in [6.45, 7) is 6.05. The Morgan fingerprint density at radius 2 is 1.62 bits per heavy atom. The van der Waals surface area contributed by atoms with Gasteiger partial charge in [-0.3, -0.25) is 0 Å². The van der Waals surface area contributed by atoms with E-state index in [4.69, 9.17) is 0 Å². The Labute approximate surface area is 129 Å². The summed E-state index contributed by atoms with van der Waals surface area (Å²) >= 11 is 0. The molecule has 0 unspecified atom stereocenters. The number of nitrogens with one attached hydrogen (secondary N) is 1. The molecule has 2 nitrogen and oxygen atoms in total. The van der Waals surface area contributed by atoms with Crippen molar-refractivity contribution < 1.29 is 0 Å². The van der Waals surface area contributed by atoms with Crippen LogP contribution in [0.15, 0.2) is 30.3 Å². The average Bonchev–Trinajstić information content (AvgIpc) is 2.56. The van der Waals surface area contributed by atoms with Crippen LogP contribution in [0.3, 0.4) is 0 Å². The molecular formula is C19H30N2. The van der Waals surface area contributed by atoms with Crippen LogP contribution in [-0.2, 0) is 0 Å². The Hall–Kier alpha value is -1.02. The number of anilines is 1. The van der Waals surface area contributed by atoms with Gasteiger partial charge in [-0.2, -0.15) is 0 Å². The fourth-order valence-corrected chi connectivity index (χ4v) is 3.85. The molecule has 2 heteroatoms. The molecule has 1 aliphatic heterocycles. The molecule has 116 valence electrons. The van der Waals surface area contributed by atoms with Gasteiger partial charge >= 0.3 is 0 Å². The summed E-state index contributed by atoms with van der Waals surface area (Å²) in [7, 11) is 0. The molecule has 2 fully saturated rings. The molecule has 2 aliphatic rings. The molecule has 0 radical (unpaired) electrons. The summed E-state index contributed by atoms with van der Waals surface area (Å²) in [5, 5.41) is 3.85. The Kier molecular flexibility index (Phi) is 5.18. The fourth-order valence-electron chi connectivity index (χ4n) is 3.85. The highest BCUT2D eigenvalue weighted by Crippen LogP contribution is 2.28. The molecule has 3 rings (SSSR count). The molecule has 1 aliphatic carbocycles. The Morgan fingerprint density at radius 3 is 2.29 bits per heavy atom. The summed E-state index contributed by atoms with van der Waals surface area (Å²) in [5.41, 5.74) is 1.39. The molecule has 0 amide bonds. The van der Waals surface area contributed by atoms with Crippen molar-refractivity contribution in [2.45, 2.75) is 51.5 Å². The monoisotopic (exact) mass is 286 g/mol. The summed E-state index contributed by atoms with van der Waals surface area (Å²) in [6, 6.07) is 11.6. The second kappa shape index (κ2) is 7.31. The molecule has 21 heavy (non-hydrogen) atoms. The zero-order valence-electron chi connectivity index (χ0n) is 13.4. The summed E-state index contributed by atoms with van der Waals surface area (Å²) in [6.07, 6.45) is 8.35. The number of piperidine rings is 1. The molecule has 0 aromatic heterocycles. The van der Waals surface area contributed by atoms with Crippen molar-refractivity contribution in [3.8, 4) is 0 Å². The van der Waals surface area contributed by atoms with Gasteiger partial charge < -0.3 is 10.2 Å². The second-order valence-electron chi connectivity index (χ2n) is 7.13. The highest BCUT2D eigenvalue weighted by Gasteiger charge is 2.22. The Morgan fingerprint density at radius 1 is 0.952 bits per heavy atom. The van der Waals surface area contributed by atoms with Gasteiger partial charge in [-0.25, -0.2) is 0 Å². The van der Waals surface area contributed by atoms with Crippen LogP contribution in [-0.4, -0.2) is 25.7 Å². The van der Waals surface area contributed by atoms with Crippen LogP contribution in [0.1, 0.15) is 45.4 Å². The summed E-state index contributed by atoms with van der Waals surface area (Å²) in [5.74, 6) is 1.91. The van der Waals surface area contributed by atoms with Gasteiger partial charge in [0.05, 0.1) is 0 Å². The van der Waals surface area contributed by atoms with Crippen LogP contribution in [0.25, 0.3) is 0 Å². The topological polar surface area (TPSA) is 15.3 Å². The van der Waals surface area contributed by atoms with Gasteiger partial charge in [-0.15, -0.1) is 0 Å². The largest absolute Gasteiger partial charge is 0.371 e. The lowest BCUT2D eigenvalue weighted by molar-refractivity contribution is 0.267. The minimum Gasteiger partial charge on any atom is -0.371 e.